The average Bonchev–Trinajstić information content (AvgIpc) is 2.90. The molecule has 5 rings (SSSR count). The number of amides is 1. The van der Waals surface area contributed by atoms with Crippen LogP contribution in [0.25, 0.3) is 17.0 Å². The second-order valence-electron chi connectivity index (χ2n) is 8.74. The van der Waals surface area contributed by atoms with Crippen LogP contribution in [-0.4, -0.2) is 47.0 Å². The maximum absolute atomic E-state index is 12.7. The number of piperazine rings is 1. The fourth-order valence-electron chi connectivity index (χ4n) is 4.30. The maximum atomic E-state index is 12.7. The lowest BCUT2D eigenvalue weighted by Gasteiger charge is -2.35. The van der Waals surface area contributed by atoms with Gasteiger partial charge in [-0.25, -0.2) is 15.0 Å². The first-order valence-electron chi connectivity index (χ1n) is 11.8. The van der Waals surface area contributed by atoms with Crippen molar-refractivity contribution in [2.45, 2.75) is 13.8 Å². The number of benzene rings is 2. The van der Waals surface area contributed by atoms with E-state index in [1.165, 1.54) is 0 Å². The van der Waals surface area contributed by atoms with E-state index in [1.54, 1.807) is 12.4 Å². The number of rotatable bonds is 5. The Morgan fingerprint density at radius 1 is 0.914 bits per heavy atom. The third-order valence-electron chi connectivity index (χ3n) is 6.24. The van der Waals surface area contributed by atoms with Gasteiger partial charge >= 0.3 is 0 Å². The fraction of sp³-hybridized carbons (Fsp3) is 0.214. The molecule has 0 saturated carbocycles. The summed E-state index contributed by atoms with van der Waals surface area (Å²) in [6, 6.07) is 19.7. The predicted octanol–water partition coefficient (Wildman–Crippen LogP) is 4.70. The van der Waals surface area contributed by atoms with Gasteiger partial charge in [-0.15, -0.1) is 0 Å². The van der Waals surface area contributed by atoms with E-state index >= 15 is 0 Å². The number of pyridine rings is 1. The number of aryl methyl sites for hydroxylation is 1. The molecular formula is C28H28N6O. The molecule has 176 valence electrons. The first-order valence-corrected chi connectivity index (χ1v) is 11.8. The van der Waals surface area contributed by atoms with Crippen molar-refractivity contribution < 1.29 is 4.79 Å². The highest BCUT2D eigenvalue weighted by molar-refractivity contribution is 6.07. The highest BCUT2D eigenvalue weighted by Gasteiger charge is 2.20. The summed E-state index contributed by atoms with van der Waals surface area (Å²) in [5.74, 6) is 1.64. The van der Waals surface area contributed by atoms with Crippen LogP contribution in [0, 0.1) is 6.92 Å². The smallest absolute Gasteiger partial charge is 0.251 e. The number of hydrogen-bond acceptors (Lipinski definition) is 6. The number of anilines is 3. The Kier molecular flexibility index (Phi) is 6.39. The number of carbonyl (C=O) groups excluding carboxylic acids is 1. The van der Waals surface area contributed by atoms with Crippen molar-refractivity contribution in [1.29, 1.82) is 0 Å². The Morgan fingerprint density at radius 2 is 1.63 bits per heavy atom. The molecule has 7 heteroatoms. The Labute approximate surface area is 205 Å². The van der Waals surface area contributed by atoms with Crippen molar-refractivity contribution in [2.24, 2.45) is 0 Å². The second-order valence-corrected chi connectivity index (χ2v) is 8.74. The van der Waals surface area contributed by atoms with Gasteiger partial charge in [-0.1, -0.05) is 30.3 Å². The third kappa shape index (κ3) is 5.14. The van der Waals surface area contributed by atoms with Gasteiger partial charge in [0.2, 0.25) is 5.95 Å². The number of carbonyl (C=O) groups is 1. The summed E-state index contributed by atoms with van der Waals surface area (Å²) in [5.41, 5.74) is 4.47. The van der Waals surface area contributed by atoms with Crippen LogP contribution in [0.1, 0.15) is 18.1 Å². The monoisotopic (exact) mass is 464 g/mol. The van der Waals surface area contributed by atoms with Crippen LogP contribution >= 0.6 is 0 Å². The number of fused-ring (bicyclic) bond motifs is 1. The third-order valence-corrected chi connectivity index (χ3v) is 6.24. The van der Waals surface area contributed by atoms with Gasteiger partial charge in [-0.3, -0.25) is 4.79 Å². The molecule has 1 fully saturated rings. The molecule has 2 aromatic carbocycles. The van der Waals surface area contributed by atoms with Gasteiger partial charge in [0, 0.05) is 55.2 Å². The molecular weight excluding hydrogens is 436 g/mol. The van der Waals surface area contributed by atoms with Gasteiger partial charge in [0.05, 0.1) is 5.52 Å². The lowest BCUT2D eigenvalue weighted by molar-refractivity contribution is -0.112. The van der Waals surface area contributed by atoms with E-state index in [2.05, 4.69) is 38.1 Å². The fourth-order valence-corrected chi connectivity index (χ4v) is 4.30. The van der Waals surface area contributed by atoms with E-state index in [0.717, 1.165) is 65.7 Å². The molecule has 1 aliphatic rings. The molecule has 0 radical (unpaired) electrons. The van der Waals surface area contributed by atoms with Gasteiger partial charge in [-0.05, 0) is 61.4 Å². The Bertz CT molecular complexity index is 1360. The van der Waals surface area contributed by atoms with E-state index in [4.69, 9.17) is 4.98 Å². The Hall–Kier alpha value is -4.26. The molecule has 1 N–H and O–H groups in total. The van der Waals surface area contributed by atoms with Crippen LogP contribution in [0.15, 0.2) is 78.6 Å². The minimum atomic E-state index is -0.115. The minimum Gasteiger partial charge on any atom is -0.353 e. The molecule has 1 saturated heterocycles. The van der Waals surface area contributed by atoms with Gasteiger partial charge in [0.15, 0.2) is 0 Å². The van der Waals surface area contributed by atoms with E-state index in [0.29, 0.717) is 5.57 Å². The summed E-state index contributed by atoms with van der Waals surface area (Å²) in [6.07, 6.45) is 5.44. The Balaban J connectivity index is 1.29. The van der Waals surface area contributed by atoms with Crippen molar-refractivity contribution in [2.75, 3.05) is 41.3 Å². The maximum Gasteiger partial charge on any atom is 0.251 e. The predicted molar refractivity (Wildman–Crippen MR) is 142 cm³/mol. The van der Waals surface area contributed by atoms with Crippen molar-refractivity contribution in [3.8, 4) is 0 Å². The highest BCUT2D eigenvalue weighted by atomic mass is 16.1. The highest BCUT2D eigenvalue weighted by Crippen LogP contribution is 2.26. The van der Waals surface area contributed by atoms with Crippen LogP contribution in [0.5, 0.6) is 0 Å². The summed E-state index contributed by atoms with van der Waals surface area (Å²) in [4.78, 5) is 30.9. The molecule has 3 heterocycles. The molecule has 2 aromatic heterocycles. The van der Waals surface area contributed by atoms with Crippen LogP contribution < -0.4 is 15.1 Å². The lowest BCUT2D eigenvalue weighted by Crippen LogP contribution is -2.47. The quantitative estimate of drug-likeness (QED) is 0.432. The number of aromatic nitrogens is 3. The lowest BCUT2D eigenvalue weighted by atomic mass is 10.1. The molecule has 7 nitrogen and oxygen atoms in total. The largest absolute Gasteiger partial charge is 0.353 e. The summed E-state index contributed by atoms with van der Waals surface area (Å²) in [7, 11) is 0. The number of nitrogens with one attached hydrogen (secondary N) is 1. The van der Waals surface area contributed by atoms with Crippen LogP contribution in [0.4, 0.5) is 17.5 Å². The number of nitrogens with zero attached hydrogens (tertiary/aromatic N) is 5. The average molecular weight is 465 g/mol. The summed E-state index contributed by atoms with van der Waals surface area (Å²) < 4.78 is 0. The zero-order valence-electron chi connectivity index (χ0n) is 20.0. The first kappa shape index (κ1) is 22.5. The van der Waals surface area contributed by atoms with Gasteiger partial charge in [0.25, 0.3) is 5.91 Å². The Morgan fingerprint density at radius 3 is 2.37 bits per heavy atom. The molecule has 0 unspecified atom stereocenters. The van der Waals surface area contributed by atoms with Crippen molar-refractivity contribution in [1.82, 2.24) is 15.0 Å². The zero-order valence-corrected chi connectivity index (χ0v) is 20.0. The first-order chi connectivity index (χ1) is 17.1. The van der Waals surface area contributed by atoms with Gasteiger partial charge in [0.1, 0.15) is 5.82 Å². The van der Waals surface area contributed by atoms with Crippen molar-refractivity contribution in [3.63, 3.8) is 0 Å². The van der Waals surface area contributed by atoms with Crippen LogP contribution in [0.3, 0.4) is 0 Å². The van der Waals surface area contributed by atoms with Crippen LogP contribution in [0.2, 0.25) is 0 Å². The summed E-state index contributed by atoms with van der Waals surface area (Å²) >= 11 is 0. The van der Waals surface area contributed by atoms with Gasteiger partial charge < -0.3 is 15.1 Å². The standard InChI is InChI=1S/C28H28N6O/c1-20-18-26(33-13-15-34(16-14-33)28-29-11-6-12-30-28)32-25-10-9-23(19-24(20)25)31-27(35)21(2)17-22-7-4-3-5-8-22/h3-12,17-19H,13-16H2,1-2H3,(H,31,35)/b21-17-. The van der Waals surface area contributed by atoms with E-state index in [9.17, 15) is 4.79 Å². The van der Waals surface area contributed by atoms with Crippen molar-refractivity contribution >= 4 is 40.3 Å². The minimum absolute atomic E-state index is 0.115. The molecule has 0 aliphatic carbocycles. The van der Waals surface area contributed by atoms with Gasteiger partial charge in [-0.2, -0.15) is 0 Å². The topological polar surface area (TPSA) is 74.2 Å². The summed E-state index contributed by atoms with van der Waals surface area (Å²) in [6.45, 7) is 7.34. The van der Waals surface area contributed by atoms with Crippen LogP contribution in [-0.2, 0) is 4.79 Å². The SMILES string of the molecule is C/C(=C/c1ccccc1)C(=O)Nc1ccc2nc(N3CCN(c4ncccn4)CC3)cc(C)c2c1. The second kappa shape index (κ2) is 9.93. The molecule has 1 aliphatic heterocycles. The normalized spacial score (nSPS) is 14.3. The zero-order chi connectivity index (χ0) is 24.2. The molecule has 0 spiro atoms. The molecule has 35 heavy (non-hydrogen) atoms. The summed E-state index contributed by atoms with van der Waals surface area (Å²) in [5, 5.41) is 4.05. The van der Waals surface area contributed by atoms with E-state index in [-0.39, 0.29) is 5.91 Å². The molecule has 1 amide bonds. The van der Waals surface area contributed by atoms with E-state index < -0.39 is 0 Å². The number of hydrogen-bond donors (Lipinski definition) is 1. The van der Waals surface area contributed by atoms with Crippen molar-refractivity contribution in [3.05, 3.63) is 89.8 Å². The molecule has 0 atom stereocenters. The molecule has 0 bridgehead atoms. The van der Waals surface area contributed by atoms with E-state index in [1.807, 2.05) is 67.6 Å². The molecule has 4 aromatic rings.